The van der Waals surface area contributed by atoms with Gasteiger partial charge in [-0.05, 0) is 48.5 Å². The molecule has 166 valence electrons. The number of halogens is 2. The molecule has 0 saturated heterocycles. The van der Waals surface area contributed by atoms with E-state index in [0.29, 0.717) is 21.4 Å². The van der Waals surface area contributed by atoms with Crippen LogP contribution in [0.2, 0.25) is 10.0 Å². The zero-order chi connectivity index (χ0) is 23.3. The first-order valence-electron chi connectivity index (χ1n) is 8.89. The number of nitrogens with one attached hydrogen (secondary N) is 2. The summed E-state index contributed by atoms with van der Waals surface area (Å²) in [6, 6.07) is 14.5. The van der Waals surface area contributed by atoms with Crippen LogP contribution in [0.3, 0.4) is 0 Å². The molecule has 3 aromatic carbocycles. The second-order valence-corrected chi connectivity index (χ2v) is 8.77. The van der Waals surface area contributed by atoms with E-state index in [-0.39, 0.29) is 16.3 Å². The molecule has 0 atom stereocenters. The summed E-state index contributed by atoms with van der Waals surface area (Å²) < 4.78 is 32.7. The van der Waals surface area contributed by atoms with Crippen LogP contribution < -0.4 is 14.9 Å². The minimum atomic E-state index is -4.08. The molecule has 0 aliphatic heterocycles. The first-order valence-corrected chi connectivity index (χ1v) is 11.1. The van der Waals surface area contributed by atoms with Gasteiger partial charge in [0.15, 0.2) is 0 Å². The molecule has 0 aliphatic rings. The number of methoxy groups -OCH3 is 1. The van der Waals surface area contributed by atoms with Crippen LogP contribution in [0.15, 0.2) is 70.7 Å². The Bertz CT molecular complexity index is 1260. The number of nitro groups is 1. The van der Waals surface area contributed by atoms with Crippen molar-refractivity contribution in [1.29, 1.82) is 0 Å². The predicted octanol–water partition coefficient (Wildman–Crippen LogP) is 5.16. The van der Waals surface area contributed by atoms with Gasteiger partial charge in [-0.2, -0.15) is 5.10 Å². The molecule has 0 spiro atoms. The van der Waals surface area contributed by atoms with E-state index in [1.54, 1.807) is 30.3 Å². The standard InChI is InChI=1S/C20H16Cl2N4O5S/c1-31-14-7-5-13(6-8-14)25-32(29,30)15-9-10-19(20(11-15)26(27)28)24-23-12-16-17(21)3-2-4-18(16)22/h2-12,24-25H,1H3. The molecule has 0 unspecified atom stereocenters. The Morgan fingerprint density at radius 3 is 2.31 bits per heavy atom. The summed E-state index contributed by atoms with van der Waals surface area (Å²) in [4.78, 5) is 10.5. The molecule has 3 aromatic rings. The maximum atomic E-state index is 12.7. The van der Waals surface area contributed by atoms with Gasteiger partial charge in [-0.3, -0.25) is 20.3 Å². The van der Waals surface area contributed by atoms with Crippen molar-refractivity contribution in [3.8, 4) is 5.75 Å². The Balaban J connectivity index is 1.85. The van der Waals surface area contributed by atoms with E-state index in [1.807, 2.05) is 0 Å². The minimum absolute atomic E-state index is 0.0159. The van der Waals surface area contributed by atoms with Crippen LogP contribution in [0.1, 0.15) is 5.56 Å². The molecule has 0 amide bonds. The number of nitro benzene ring substituents is 1. The highest BCUT2D eigenvalue weighted by Gasteiger charge is 2.21. The van der Waals surface area contributed by atoms with E-state index in [0.717, 1.165) is 6.07 Å². The molecular formula is C20H16Cl2N4O5S. The molecule has 3 rings (SSSR count). The number of sulfonamides is 1. The highest BCUT2D eigenvalue weighted by Crippen LogP contribution is 2.29. The van der Waals surface area contributed by atoms with Crippen molar-refractivity contribution in [3.05, 3.63) is 86.4 Å². The molecule has 12 heteroatoms. The van der Waals surface area contributed by atoms with Crippen molar-refractivity contribution in [2.45, 2.75) is 4.90 Å². The highest BCUT2D eigenvalue weighted by atomic mass is 35.5. The summed E-state index contributed by atoms with van der Waals surface area (Å²) in [6.07, 6.45) is 1.31. The van der Waals surface area contributed by atoms with Crippen molar-refractivity contribution < 1.29 is 18.1 Å². The average molecular weight is 495 g/mol. The van der Waals surface area contributed by atoms with Gasteiger partial charge in [0.25, 0.3) is 15.7 Å². The van der Waals surface area contributed by atoms with Crippen LogP contribution in [0.4, 0.5) is 17.1 Å². The number of ether oxygens (including phenoxy) is 1. The fourth-order valence-electron chi connectivity index (χ4n) is 2.60. The molecule has 0 saturated carbocycles. The summed E-state index contributed by atoms with van der Waals surface area (Å²) in [7, 11) is -2.59. The number of benzene rings is 3. The number of hydrogen-bond acceptors (Lipinski definition) is 7. The Hall–Kier alpha value is -3.34. The van der Waals surface area contributed by atoms with Gasteiger partial charge in [-0.15, -0.1) is 0 Å². The molecule has 0 aliphatic carbocycles. The Morgan fingerprint density at radius 2 is 1.72 bits per heavy atom. The normalized spacial score (nSPS) is 11.3. The second-order valence-electron chi connectivity index (χ2n) is 6.28. The molecule has 0 aromatic heterocycles. The summed E-state index contributed by atoms with van der Waals surface area (Å²) in [6.45, 7) is 0. The van der Waals surface area contributed by atoms with Crippen LogP contribution in [0.5, 0.6) is 5.75 Å². The number of rotatable bonds is 8. The van der Waals surface area contributed by atoms with Gasteiger partial charge in [-0.1, -0.05) is 29.3 Å². The third-order valence-electron chi connectivity index (χ3n) is 4.20. The number of nitrogens with zero attached hydrogens (tertiary/aromatic N) is 2. The smallest absolute Gasteiger partial charge is 0.295 e. The SMILES string of the molecule is COc1ccc(NS(=O)(=O)c2ccc(NN=Cc3c(Cl)cccc3Cl)c([N+](=O)[O-])c2)cc1. The van der Waals surface area contributed by atoms with Gasteiger partial charge in [0.05, 0.1) is 33.2 Å². The summed E-state index contributed by atoms with van der Waals surface area (Å²) in [5.74, 6) is 0.553. The molecular weight excluding hydrogens is 479 g/mol. The van der Waals surface area contributed by atoms with Crippen LogP contribution in [0.25, 0.3) is 0 Å². The largest absolute Gasteiger partial charge is 0.497 e. The second kappa shape index (κ2) is 9.86. The van der Waals surface area contributed by atoms with Crippen molar-refractivity contribution in [3.63, 3.8) is 0 Å². The molecule has 0 fully saturated rings. The fourth-order valence-corrected chi connectivity index (χ4v) is 4.17. The van der Waals surface area contributed by atoms with E-state index in [9.17, 15) is 18.5 Å². The maximum Gasteiger partial charge on any atom is 0.295 e. The molecule has 2 N–H and O–H groups in total. The molecule has 9 nitrogen and oxygen atoms in total. The van der Waals surface area contributed by atoms with E-state index < -0.39 is 20.6 Å². The first-order chi connectivity index (χ1) is 15.2. The third kappa shape index (κ3) is 5.47. The number of hydrazone groups is 1. The van der Waals surface area contributed by atoms with Gasteiger partial charge in [0, 0.05) is 17.3 Å². The average Bonchev–Trinajstić information content (AvgIpc) is 2.76. The van der Waals surface area contributed by atoms with Gasteiger partial charge in [-0.25, -0.2) is 8.42 Å². The molecule has 0 radical (unpaired) electrons. The van der Waals surface area contributed by atoms with Gasteiger partial charge < -0.3 is 4.74 Å². The maximum absolute atomic E-state index is 12.7. The van der Waals surface area contributed by atoms with Gasteiger partial charge in [0.1, 0.15) is 11.4 Å². The lowest BCUT2D eigenvalue weighted by Gasteiger charge is -2.10. The van der Waals surface area contributed by atoms with E-state index in [2.05, 4.69) is 15.2 Å². The van der Waals surface area contributed by atoms with Gasteiger partial charge in [0.2, 0.25) is 0 Å². The van der Waals surface area contributed by atoms with Crippen LogP contribution in [0, 0.1) is 10.1 Å². The zero-order valence-electron chi connectivity index (χ0n) is 16.5. The van der Waals surface area contributed by atoms with Crippen LogP contribution in [-0.2, 0) is 10.0 Å². The zero-order valence-corrected chi connectivity index (χ0v) is 18.8. The van der Waals surface area contributed by atoms with E-state index >= 15 is 0 Å². The topological polar surface area (TPSA) is 123 Å². The minimum Gasteiger partial charge on any atom is -0.497 e. The summed E-state index contributed by atoms with van der Waals surface area (Å²) in [5.41, 5.74) is 2.72. The fraction of sp³-hybridized carbons (Fsp3) is 0.0500. The first kappa shape index (κ1) is 23.3. The molecule has 0 heterocycles. The van der Waals surface area contributed by atoms with E-state index in [4.69, 9.17) is 27.9 Å². The summed E-state index contributed by atoms with van der Waals surface area (Å²) in [5, 5.41) is 16.1. The third-order valence-corrected chi connectivity index (χ3v) is 6.23. The quantitative estimate of drug-likeness (QED) is 0.253. The van der Waals surface area contributed by atoms with E-state index in [1.165, 1.54) is 37.6 Å². The van der Waals surface area contributed by atoms with Crippen molar-refractivity contribution in [2.24, 2.45) is 5.10 Å². The van der Waals surface area contributed by atoms with Crippen LogP contribution in [-0.4, -0.2) is 26.7 Å². The van der Waals surface area contributed by atoms with Crippen molar-refractivity contribution in [1.82, 2.24) is 0 Å². The van der Waals surface area contributed by atoms with Crippen molar-refractivity contribution in [2.75, 3.05) is 17.3 Å². The lowest BCUT2D eigenvalue weighted by atomic mass is 10.2. The predicted molar refractivity (Wildman–Crippen MR) is 125 cm³/mol. The Labute approximate surface area is 193 Å². The van der Waals surface area contributed by atoms with Crippen LogP contribution >= 0.6 is 23.2 Å². The lowest BCUT2D eigenvalue weighted by molar-refractivity contribution is -0.384. The Morgan fingerprint density at radius 1 is 1.06 bits per heavy atom. The lowest BCUT2D eigenvalue weighted by Crippen LogP contribution is -2.13. The Kier molecular flexibility index (Phi) is 7.18. The monoisotopic (exact) mass is 494 g/mol. The summed E-state index contributed by atoms with van der Waals surface area (Å²) >= 11 is 12.1. The van der Waals surface area contributed by atoms with Crippen molar-refractivity contribution >= 4 is 56.5 Å². The number of hydrogen-bond donors (Lipinski definition) is 2. The molecule has 32 heavy (non-hydrogen) atoms. The molecule has 0 bridgehead atoms. The number of anilines is 2. The van der Waals surface area contributed by atoms with Gasteiger partial charge >= 0.3 is 0 Å². The highest BCUT2D eigenvalue weighted by molar-refractivity contribution is 7.92.